The molecule has 96 valence electrons. The molecule has 0 spiro atoms. The van der Waals surface area contributed by atoms with Gasteiger partial charge in [0.1, 0.15) is 11.0 Å². The number of rotatable bonds is 3. The normalized spacial score (nSPS) is 11.1. The molecule has 0 aliphatic rings. The lowest BCUT2D eigenvalue weighted by Crippen LogP contribution is -1.98. The summed E-state index contributed by atoms with van der Waals surface area (Å²) >= 11 is 0. The van der Waals surface area contributed by atoms with Crippen LogP contribution in [-0.2, 0) is 12.8 Å². The van der Waals surface area contributed by atoms with Gasteiger partial charge in [0.2, 0.25) is 0 Å². The van der Waals surface area contributed by atoms with E-state index in [0.29, 0.717) is 0 Å². The smallest absolute Gasteiger partial charge is 0.113 e. The summed E-state index contributed by atoms with van der Waals surface area (Å²) in [5.74, 6) is 0. The minimum absolute atomic E-state index is 0.941. The lowest BCUT2D eigenvalue weighted by atomic mass is 10.1. The van der Waals surface area contributed by atoms with Crippen molar-refractivity contribution in [3.05, 3.63) is 53.6 Å². The molecule has 3 nitrogen and oxygen atoms in total. The van der Waals surface area contributed by atoms with E-state index in [2.05, 4.69) is 60.4 Å². The SMILES string of the molecule is CCc1ccc(-n2nc3ccc(CC)cc3n2)cc1. The van der Waals surface area contributed by atoms with E-state index in [1.165, 1.54) is 11.1 Å². The van der Waals surface area contributed by atoms with Crippen LogP contribution in [0.3, 0.4) is 0 Å². The number of hydrogen-bond acceptors (Lipinski definition) is 2. The first-order valence-corrected chi connectivity index (χ1v) is 6.75. The van der Waals surface area contributed by atoms with Crippen molar-refractivity contribution in [2.75, 3.05) is 0 Å². The van der Waals surface area contributed by atoms with E-state index in [-0.39, 0.29) is 0 Å². The highest BCUT2D eigenvalue weighted by atomic mass is 15.5. The zero-order valence-electron chi connectivity index (χ0n) is 11.3. The molecule has 0 aliphatic carbocycles. The maximum absolute atomic E-state index is 4.55. The van der Waals surface area contributed by atoms with E-state index >= 15 is 0 Å². The lowest BCUT2D eigenvalue weighted by Gasteiger charge is -2.00. The molecule has 0 unspecified atom stereocenters. The summed E-state index contributed by atoms with van der Waals surface area (Å²) in [6, 6.07) is 14.7. The van der Waals surface area contributed by atoms with Crippen molar-refractivity contribution in [3.8, 4) is 5.69 Å². The molecule has 1 aromatic heterocycles. The van der Waals surface area contributed by atoms with Gasteiger partial charge >= 0.3 is 0 Å². The molecule has 3 rings (SSSR count). The zero-order chi connectivity index (χ0) is 13.2. The van der Waals surface area contributed by atoms with Gasteiger partial charge in [0.15, 0.2) is 0 Å². The van der Waals surface area contributed by atoms with Gasteiger partial charge in [-0.25, -0.2) is 0 Å². The first kappa shape index (κ1) is 11.9. The molecule has 2 aromatic carbocycles. The van der Waals surface area contributed by atoms with E-state index < -0.39 is 0 Å². The highest BCUT2D eigenvalue weighted by molar-refractivity contribution is 5.74. The third kappa shape index (κ3) is 2.24. The number of fused-ring (bicyclic) bond motifs is 1. The Kier molecular flexibility index (Phi) is 3.03. The Morgan fingerprint density at radius 3 is 2.11 bits per heavy atom. The van der Waals surface area contributed by atoms with Crippen molar-refractivity contribution in [3.63, 3.8) is 0 Å². The van der Waals surface area contributed by atoms with Crippen molar-refractivity contribution in [1.82, 2.24) is 15.0 Å². The van der Waals surface area contributed by atoms with Crippen LogP contribution in [0.15, 0.2) is 42.5 Å². The molecule has 0 radical (unpaired) electrons. The van der Waals surface area contributed by atoms with Crippen LogP contribution >= 0.6 is 0 Å². The molecule has 0 bridgehead atoms. The zero-order valence-corrected chi connectivity index (χ0v) is 11.3. The second kappa shape index (κ2) is 4.84. The maximum atomic E-state index is 4.55. The van der Waals surface area contributed by atoms with Crippen molar-refractivity contribution in [2.45, 2.75) is 26.7 Å². The van der Waals surface area contributed by atoms with Crippen LogP contribution in [0.5, 0.6) is 0 Å². The standard InChI is InChI=1S/C16H17N3/c1-3-12-5-8-14(9-6-12)19-17-15-10-7-13(4-2)11-16(15)18-19/h5-11H,3-4H2,1-2H3. The van der Waals surface area contributed by atoms with Crippen molar-refractivity contribution < 1.29 is 0 Å². The second-order valence-corrected chi connectivity index (χ2v) is 4.69. The van der Waals surface area contributed by atoms with E-state index in [9.17, 15) is 0 Å². The molecule has 0 fully saturated rings. The third-order valence-corrected chi connectivity index (χ3v) is 3.43. The molecular weight excluding hydrogens is 234 g/mol. The molecule has 0 saturated heterocycles. The van der Waals surface area contributed by atoms with Gasteiger partial charge in [-0.05, 0) is 48.2 Å². The van der Waals surface area contributed by atoms with E-state index in [0.717, 1.165) is 29.6 Å². The molecule has 3 aromatic rings. The average molecular weight is 251 g/mol. The topological polar surface area (TPSA) is 30.7 Å². The summed E-state index contributed by atoms with van der Waals surface area (Å²) in [6.07, 6.45) is 2.07. The van der Waals surface area contributed by atoms with Gasteiger partial charge < -0.3 is 0 Å². The second-order valence-electron chi connectivity index (χ2n) is 4.69. The fourth-order valence-corrected chi connectivity index (χ4v) is 2.16. The minimum Gasteiger partial charge on any atom is -0.150 e. The number of hydrogen-bond donors (Lipinski definition) is 0. The molecule has 0 atom stereocenters. The highest BCUT2D eigenvalue weighted by Crippen LogP contribution is 2.15. The summed E-state index contributed by atoms with van der Waals surface area (Å²) in [6.45, 7) is 4.30. The summed E-state index contributed by atoms with van der Waals surface area (Å²) in [5, 5.41) is 9.07. The summed E-state index contributed by atoms with van der Waals surface area (Å²) < 4.78 is 0. The Bertz CT molecular complexity index is 696. The maximum Gasteiger partial charge on any atom is 0.113 e. The van der Waals surface area contributed by atoms with E-state index in [1.807, 2.05) is 6.07 Å². The quantitative estimate of drug-likeness (QED) is 0.712. The van der Waals surface area contributed by atoms with Crippen LogP contribution in [0.1, 0.15) is 25.0 Å². The van der Waals surface area contributed by atoms with E-state index in [1.54, 1.807) is 4.80 Å². The van der Waals surface area contributed by atoms with Gasteiger partial charge in [-0.15, -0.1) is 10.2 Å². The fraction of sp³-hybridized carbons (Fsp3) is 0.250. The Morgan fingerprint density at radius 2 is 1.42 bits per heavy atom. The summed E-state index contributed by atoms with van der Waals surface area (Å²) in [4.78, 5) is 1.71. The Hall–Kier alpha value is -2.16. The van der Waals surface area contributed by atoms with Gasteiger partial charge in [-0.1, -0.05) is 32.0 Å². The largest absolute Gasteiger partial charge is 0.150 e. The van der Waals surface area contributed by atoms with Crippen LogP contribution in [0.25, 0.3) is 16.7 Å². The Morgan fingerprint density at radius 1 is 0.789 bits per heavy atom. The molecule has 3 heteroatoms. The van der Waals surface area contributed by atoms with Crippen LogP contribution in [0.4, 0.5) is 0 Å². The van der Waals surface area contributed by atoms with Crippen LogP contribution in [-0.4, -0.2) is 15.0 Å². The van der Waals surface area contributed by atoms with Crippen molar-refractivity contribution >= 4 is 11.0 Å². The molecule has 0 N–H and O–H groups in total. The van der Waals surface area contributed by atoms with Gasteiger partial charge in [-0.2, -0.15) is 4.80 Å². The first-order chi connectivity index (χ1) is 9.30. The molecular formula is C16H17N3. The van der Waals surface area contributed by atoms with Crippen LogP contribution in [0.2, 0.25) is 0 Å². The average Bonchev–Trinajstić information content (AvgIpc) is 2.90. The highest BCUT2D eigenvalue weighted by Gasteiger charge is 2.05. The Balaban J connectivity index is 2.04. The van der Waals surface area contributed by atoms with Crippen molar-refractivity contribution in [2.24, 2.45) is 0 Å². The lowest BCUT2D eigenvalue weighted by molar-refractivity contribution is 0.765. The molecule has 19 heavy (non-hydrogen) atoms. The fourth-order valence-electron chi connectivity index (χ4n) is 2.16. The minimum atomic E-state index is 0.941. The predicted molar refractivity (Wildman–Crippen MR) is 77.6 cm³/mol. The molecule has 0 saturated carbocycles. The Labute approximate surface area is 112 Å². The molecule has 0 aliphatic heterocycles. The third-order valence-electron chi connectivity index (χ3n) is 3.43. The summed E-state index contributed by atoms with van der Waals surface area (Å²) in [7, 11) is 0. The van der Waals surface area contributed by atoms with Crippen LogP contribution in [0, 0.1) is 0 Å². The first-order valence-electron chi connectivity index (χ1n) is 6.75. The number of aromatic nitrogens is 3. The van der Waals surface area contributed by atoms with Gasteiger partial charge in [0.05, 0.1) is 5.69 Å². The predicted octanol–water partition coefficient (Wildman–Crippen LogP) is 3.55. The van der Waals surface area contributed by atoms with Gasteiger partial charge in [-0.3, -0.25) is 0 Å². The van der Waals surface area contributed by atoms with Gasteiger partial charge in [0.25, 0.3) is 0 Å². The van der Waals surface area contributed by atoms with E-state index in [4.69, 9.17) is 0 Å². The monoisotopic (exact) mass is 251 g/mol. The van der Waals surface area contributed by atoms with Gasteiger partial charge in [0, 0.05) is 0 Å². The summed E-state index contributed by atoms with van der Waals surface area (Å²) in [5.41, 5.74) is 5.52. The molecule has 1 heterocycles. The molecule has 0 amide bonds. The number of aryl methyl sites for hydroxylation is 2. The number of nitrogens with zero attached hydrogens (tertiary/aromatic N) is 3. The number of benzene rings is 2. The van der Waals surface area contributed by atoms with Crippen molar-refractivity contribution in [1.29, 1.82) is 0 Å². The van der Waals surface area contributed by atoms with Crippen LogP contribution < -0.4 is 0 Å².